The lowest BCUT2D eigenvalue weighted by molar-refractivity contribution is 0.659. The van der Waals surface area contributed by atoms with Crippen LogP contribution in [0.2, 0.25) is 0 Å². The summed E-state index contributed by atoms with van der Waals surface area (Å²) in [5.41, 5.74) is 7.12. The van der Waals surface area contributed by atoms with E-state index in [9.17, 15) is 4.21 Å². The third-order valence-electron chi connectivity index (χ3n) is 2.32. The Morgan fingerprint density at radius 2 is 2.35 bits per heavy atom. The molecule has 0 aromatic carbocycles. The average Bonchev–Trinajstić information content (AvgIpc) is 2.77. The molecule has 2 aromatic rings. The number of rotatable bonds is 4. The van der Waals surface area contributed by atoms with Crippen LogP contribution in [-0.2, 0) is 23.1 Å². The molecule has 0 fully saturated rings. The molecule has 0 aliphatic heterocycles. The Bertz CT molecular complexity index is 538. The molecule has 0 aliphatic carbocycles. The van der Waals surface area contributed by atoms with Gasteiger partial charge in [0, 0.05) is 24.5 Å². The number of hydrogen-bond donors (Lipinski definition) is 1. The van der Waals surface area contributed by atoms with Gasteiger partial charge in [0.1, 0.15) is 5.03 Å². The number of nitrogens with two attached hydrogens (primary N) is 1. The Labute approximate surface area is 102 Å². The van der Waals surface area contributed by atoms with Crippen molar-refractivity contribution < 1.29 is 4.21 Å². The van der Waals surface area contributed by atoms with Gasteiger partial charge in [-0.25, -0.2) is 4.98 Å². The lowest BCUT2D eigenvalue weighted by Crippen LogP contribution is -2.02. The third-order valence-corrected chi connectivity index (χ3v) is 3.69. The second kappa shape index (κ2) is 5.09. The van der Waals surface area contributed by atoms with Crippen LogP contribution in [0.25, 0.3) is 0 Å². The summed E-state index contributed by atoms with van der Waals surface area (Å²) in [7, 11) is -1.22. The molecule has 0 spiro atoms. The second-order valence-electron chi connectivity index (χ2n) is 3.59. The second-order valence-corrected chi connectivity index (χ2v) is 4.96. The SMILES string of the molecule is CCn1cc(CS(=O)c2ncccc2N)cn1. The number of nitrogen functional groups attached to an aromatic ring is 1. The highest BCUT2D eigenvalue weighted by Crippen LogP contribution is 2.15. The van der Waals surface area contributed by atoms with Gasteiger partial charge < -0.3 is 5.73 Å². The van der Waals surface area contributed by atoms with E-state index < -0.39 is 10.8 Å². The first-order valence-corrected chi connectivity index (χ1v) is 6.62. The number of pyridine rings is 1. The van der Waals surface area contributed by atoms with Gasteiger partial charge in [0.2, 0.25) is 0 Å². The maximum Gasteiger partial charge on any atom is 0.150 e. The maximum absolute atomic E-state index is 12.1. The number of hydrogen-bond acceptors (Lipinski definition) is 4. The Kier molecular flexibility index (Phi) is 3.53. The first-order valence-electron chi connectivity index (χ1n) is 5.31. The van der Waals surface area contributed by atoms with E-state index >= 15 is 0 Å². The molecule has 0 aliphatic rings. The Morgan fingerprint density at radius 1 is 1.53 bits per heavy atom. The summed E-state index contributed by atoms with van der Waals surface area (Å²) < 4.78 is 13.9. The fraction of sp³-hybridized carbons (Fsp3) is 0.273. The van der Waals surface area contributed by atoms with Crippen molar-refractivity contribution in [2.45, 2.75) is 24.2 Å². The van der Waals surface area contributed by atoms with E-state index in [4.69, 9.17) is 5.73 Å². The third kappa shape index (κ3) is 2.71. The van der Waals surface area contributed by atoms with E-state index in [2.05, 4.69) is 10.1 Å². The molecule has 1 unspecified atom stereocenters. The van der Waals surface area contributed by atoms with Crippen molar-refractivity contribution in [3.05, 3.63) is 36.3 Å². The molecule has 2 N–H and O–H groups in total. The van der Waals surface area contributed by atoms with Crippen molar-refractivity contribution >= 4 is 16.5 Å². The van der Waals surface area contributed by atoms with Crippen LogP contribution in [-0.4, -0.2) is 19.0 Å². The van der Waals surface area contributed by atoms with Gasteiger partial charge in [-0.05, 0) is 19.1 Å². The van der Waals surface area contributed by atoms with Crippen LogP contribution < -0.4 is 5.73 Å². The van der Waals surface area contributed by atoms with Crippen LogP contribution in [0.1, 0.15) is 12.5 Å². The van der Waals surface area contributed by atoms with E-state index in [1.165, 1.54) is 0 Å². The molecule has 1 atom stereocenters. The molecule has 0 bridgehead atoms. The zero-order valence-electron chi connectivity index (χ0n) is 9.54. The lowest BCUT2D eigenvalue weighted by Gasteiger charge is -2.02. The van der Waals surface area contributed by atoms with Crippen LogP contribution in [0.5, 0.6) is 0 Å². The topological polar surface area (TPSA) is 73.8 Å². The van der Waals surface area contributed by atoms with Crippen molar-refractivity contribution in [3.63, 3.8) is 0 Å². The van der Waals surface area contributed by atoms with Gasteiger partial charge >= 0.3 is 0 Å². The minimum atomic E-state index is -1.22. The standard InChI is InChI=1S/C11H14N4OS/c1-2-15-7-9(6-14-15)8-17(16)11-10(12)4-3-5-13-11/h3-7H,2,8,12H2,1H3. The fourth-order valence-electron chi connectivity index (χ4n) is 1.47. The number of aryl methyl sites for hydroxylation is 1. The summed E-state index contributed by atoms with van der Waals surface area (Å²) in [6.07, 6.45) is 5.20. The minimum absolute atomic E-state index is 0.390. The summed E-state index contributed by atoms with van der Waals surface area (Å²) in [5.74, 6) is 0.390. The Balaban J connectivity index is 2.14. The largest absolute Gasteiger partial charge is 0.396 e. The quantitative estimate of drug-likeness (QED) is 0.884. The van der Waals surface area contributed by atoms with Gasteiger partial charge in [-0.15, -0.1) is 0 Å². The predicted molar refractivity (Wildman–Crippen MR) is 66.7 cm³/mol. The summed E-state index contributed by atoms with van der Waals surface area (Å²) in [6, 6.07) is 3.43. The molecule has 2 rings (SSSR count). The van der Waals surface area contributed by atoms with Crippen molar-refractivity contribution in [2.24, 2.45) is 0 Å². The van der Waals surface area contributed by atoms with Crippen LogP contribution >= 0.6 is 0 Å². The van der Waals surface area contributed by atoms with Gasteiger partial charge in [0.05, 0.1) is 28.4 Å². The first kappa shape index (κ1) is 11.8. The maximum atomic E-state index is 12.1. The van der Waals surface area contributed by atoms with E-state index in [1.54, 1.807) is 29.2 Å². The highest BCUT2D eigenvalue weighted by Gasteiger charge is 2.10. The molecular formula is C11H14N4OS. The van der Waals surface area contributed by atoms with Gasteiger partial charge in [-0.2, -0.15) is 5.10 Å². The van der Waals surface area contributed by atoms with Crippen LogP contribution in [0.4, 0.5) is 5.69 Å². The van der Waals surface area contributed by atoms with Gasteiger partial charge in [0.25, 0.3) is 0 Å². The average molecular weight is 250 g/mol. The van der Waals surface area contributed by atoms with Crippen molar-refractivity contribution in [1.82, 2.24) is 14.8 Å². The molecular weight excluding hydrogens is 236 g/mol. The minimum Gasteiger partial charge on any atom is -0.396 e. The van der Waals surface area contributed by atoms with Crippen LogP contribution in [0.3, 0.4) is 0 Å². The fourth-order valence-corrected chi connectivity index (χ4v) is 2.56. The van der Waals surface area contributed by atoms with E-state index in [-0.39, 0.29) is 0 Å². The molecule has 2 heterocycles. The summed E-state index contributed by atoms with van der Waals surface area (Å²) in [6.45, 7) is 2.81. The number of nitrogens with zero attached hydrogens (tertiary/aromatic N) is 3. The van der Waals surface area contributed by atoms with E-state index in [0.717, 1.165) is 12.1 Å². The molecule has 0 saturated carbocycles. The van der Waals surface area contributed by atoms with E-state index in [1.807, 2.05) is 13.1 Å². The van der Waals surface area contributed by atoms with Gasteiger partial charge in [-0.3, -0.25) is 8.89 Å². The zero-order valence-corrected chi connectivity index (χ0v) is 10.4. The van der Waals surface area contributed by atoms with Crippen LogP contribution in [0, 0.1) is 0 Å². The first-order chi connectivity index (χ1) is 8.20. The monoisotopic (exact) mass is 250 g/mol. The molecule has 0 saturated heterocycles. The molecule has 17 heavy (non-hydrogen) atoms. The van der Waals surface area contributed by atoms with E-state index in [0.29, 0.717) is 16.5 Å². The molecule has 0 radical (unpaired) electrons. The lowest BCUT2D eigenvalue weighted by atomic mass is 10.4. The predicted octanol–water partition coefficient (Wildman–Crippen LogP) is 1.19. The molecule has 6 heteroatoms. The highest BCUT2D eigenvalue weighted by atomic mass is 32.2. The summed E-state index contributed by atoms with van der Waals surface area (Å²) >= 11 is 0. The molecule has 90 valence electrons. The van der Waals surface area contributed by atoms with Crippen molar-refractivity contribution in [3.8, 4) is 0 Å². The zero-order chi connectivity index (χ0) is 12.3. The molecule has 5 nitrogen and oxygen atoms in total. The normalized spacial score (nSPS) is 12.5. The summed E-state index contributed by atoms with van der Waals surface area (Å²) in [4.78, 5) is 4.05. The van der Waals surface area contributed by atoms with Gasteiger partial charge in [0.15, 0.2) is 0 Å². The van der Waals surface area contributed by atoms with Crippen molar-refractivity contribution in [2.75, 3.05) is 5.73 Å². The van der Waals surface area contributed by atoms with Crippen molar-refractivity contribution in [1.29, 1.82) is 0 Å². The highest BCUT2D eigenvalue weighted by molar-refractivity contribution is 7.84. The smallest absolute Gasteiger partial charge is 0.150 e. The van der Waals surface area contributed by atoms with Gasteiger partial charge in [-0.1, -0.05) is 0 Å². The molecule has 0 amide bonds. The Hall–Kier alpha value is -1.69. The number of aromatic nitrogens is 3. The number of anilines is 1. The Morgan fingerprint density at radius 3 is 3.00 bits per heavy atom. The van der Waals surface area contributed by atoms with Crippen LogP contribution in [0.15, 0.2) is 35.7 Å². The summed E-state index contributed by atoms with van der Waals surface area (Å²) in [5, 5.41) is 4.58. The molecule has 2 aromatic heterocycles.